The lowest BCUT2D eigenvalue weighted by molar-refractivity contribution is -0.123. The molecule has 0 bridgehead atoms. The lowest BCUT2D eigenvalue weighted by Gasteiger charge is -2.21. The summed E-state index contributed by atoms with van der Waals surface area (Å²) < 4.78 is 5.50. The highest BCUT2D eigenvalue weighted by atomic mass is 16.5. The van der Waals surface area contributed by atoms with Crippen LogP contribution in [0, 0.1) is 22.7 Å². The molecule has 1 amide bonds. The van der Waals surface area contributed by atoms with Crippen molar-refractivity contribution < 1.29 is 14.6 Å². The van der Waals surface area contributed by atoms with Crippen molar-refractivity contribution in [3.8, 4) is 11.8 Å². The zero-order chi connectivity index (χ0) is 21.4. The fraction of sp³-hybridized carbons (Fsp3) is 0.455. The van der Waals surface area contributed by atoms with Gasteiger partial charge in [-0.15, -0.1) is 0 Å². The topological polar surface area (TPSA) is 111 Å². The SMILES string of the molecule is CC(C)(O)COc1ccc(Nc2cc(N3CC[C@@](C#N)(C4CC4)C3=O)ccn2)nc1. The lowest BCUT2D eigenvalue weighted by atomic mass is 9.83. The number of aromatic nitrogens is 2. The molecule has 2 aliphatic rings. The minimum absolute atomic E-state index is 0.101. The quantitative estimate of drug-likeness (QED) is 0.725. The van der Waals surface area contributed by atoms with Gasteiger partial charge in [0.1, 0.15) is 29.4 Å². The first kappa shape index (κ1) is 20.1. The summed E-state index contributed by atoms with van der Waals surface area (Å²) in [5.74, 6) is 1.78. The fourth-order valence-corrected chi connectivity index (χ4v) is 3.72. The van der Waals surface area contributed by atoms with Crippen LogP contribution in [0.25, 0.3) is 0 Å². The van der Waals surface area contributed by atoms with Crippen molar-refractivity contribution in [3.05, 3.63) is 36.7 Å². The van der Waals surface area contributed by atoms with E-state index in [1.165, 1.54) is 0 Å². The Morgan fingerprint density at radius 3 is 2.77 bits per heavy atom. The van der Waals surface area contributed by atoms with Crippen LogP contribution < -0.4 is 15.0 Å². The van der Waals surface area contributed by atoms with Gasteiger partial charge in [-0.25, -0.2) is 9.97 Å². The molecule has 4 rings (SSSR count). The number of nitrogens with zero attached hydrogens (tertiary/aromatic N) is 4. The van der Waals surface area contributed by atoms with E-state index in [1.807, 2.05) is 0 Å². The predicted molar refractivity (Wildman–Crippen MR) is 111 cm³/mol. The van der Waals surface area contributed by atoms with Gasteiger partial charge in [0.15, 0.2) is 0 Å². The van der Waals surface area contributed by atoms with Crippen LogP contribution in [0.5, 0.6) is 5.75 Å². The van der Waals surface area contributed by atoms with Gasteiger partial charge < -0.3 is 20.1 Å². The standard InChI is InChI=1S/C22H25N5O3/c1-21(2,29)14-30-17-5-6-18(25-12-17)26-19-11-16(7-9-24-19)27-10-8-22(13-23,20(27)28)15-3-4-15/h5-7,9,11-12,15,29H,3-4,8,10,14H2,1-2H3,(H,24,25,26)/t22-/m1/s1. The predicted octanol–water partition coefficient (Wildman–Crippen LogP) is 3.03. The van der Waals surface area contributed by atoms with Gasteiger partial charge in [-0.2, -0.15) is 5.26 Å². The number of amides is 1. The number of pyridine rings is 2. The van der Waals surface area contributed by atoms with E-state index in [4.69, 9.17) is 4.74 Å². The normalized spacial score (nSPS) is 21.4. The summed E-state index contributed by atoms with van der Waals surface area (Å²) in [6, 6.07) is 9.39. The molecule has 156 valence electrons. The molecule has 2 aromatic heterocycles. The van der Waals surface area contributed by atoms with E-state index in [2.05, 4.69) is 21.4 Å². The van der Waals surface area contributed by atoms with Gasteiger partial charge in [-0.1, -0.05) is 0 Å². The molecule has 1 atom stereocenters. The number of hydrogen-bond acceptors (Lipinski definition) is 7. The van der Waals surface area contributed by atoms with Gasteiger partial charge in [0.25, 0.3) is 0 Å². The number of nitriles is 1. The number of hydrogen-bond donors (Lipinski definition) is 2. The first-order valence-corrected chi connectivity index (χ1v) is 10.1. The number of rotatable bonds is 7. The zero-order valence-electron chi connectivity index (χ0n) is 17.1. The van der Waals surface area contributed by atoms with E-state index in [0.717, 1.165) is 18.5 Å². The number of carbonyl (C=O) groups is 1. The molecule has 1 saturated heterocycles. The van der Waals surface area contributed by atoms with E-state index in [-0.39, 0.29) is 18.4 Å². The number of carbonyl (C=O) groups excluding carboxylic acids is 1. The maximum absolute atomic E-state index is 13.0. The molecular formula is C22H25N5O3. The lowest BCUT2D eigenvalue weighted by Crippen LogP contribution is -2.35. The van der Waals surface area contributed by atoms with Crippen LogP contribution in [0.2, 0.25) is 0 Å². The third kappa shape index (κ3) is 4.07. The van der Waals surface area contributed by atoms with Crippen LogP contribution in [0.3, 0.4) is 0 Å². The maximum Gasteiger partial charge on any atom is 0.247 e. The Morgan fingerprint density at radius 2 is 2.13 bits per heavy atom. The van der Waals surface area contributed by atoms with Crippen molar-refractivity contribution in [1.82, 2.24) is 9.97 Å². The molecule has 2 aromatic rings. The van der Waals surface area contributed by atoms with Crippen LogP contribution in [0.4, 0.5) is 17.3 Å². The van der Waals surface area contributed by atoms with Crippen molar-refractivity contribution in [2.24, 2.45) is 11.3 Å². The summed E-state index contributed by atoms with van der Waals surface area (Å²) in [5, 5.41) is 22.5. The summed E-state index contributed by atoms with van der Waals surface area (Å²) in [6.45, 7) is 4.05. The molecule has 1 aliphatic heterocycles. The molecule has 8 nitrogen and oxygen atoms in total. The van der Waals surface area contributed by atoms with Gasteiger partial charge in [-0.3, -0.25) is 4.79 Å². The second-order valence-electron chi connectivity index (χ2n) is 8.57. The largest absolute Gasteiger partial charge is 0.489 e. The van der Waals surface area contributed by atoms with E-state index in [1.54, 1.807) is 55.4 Å². The minimum Gasteiger partial charge on any atom is -0.489 e. The minimum atomic E-state index is -0.920. The van der Waals surface area contributed by atoms with Crippen molar-refractivity contribution >= 4 is 23.2 Å². The first-order valence-electron chi connectivity index (χ1n) is 10.1. The number of nitrogens with one attached hydrogen (secondary N) is 1. The van der Waals surface area contributed by atoms with Crippen LogP contribution in [-0.4, -0.2) is 39.7 Å². The van der Waals surface area contributed by atoms with E-state index < -0.39 is 11.0 Å². The molecule has 0 radical (unpaired) electrons. The molecular weight excluding hydrogens is 382 g/mol. The molecule has 2 N–H and O–H groups in total. The average Bonchev–Trinajstić information content (AvgIpc) is 3.51. The van der Waals surface area contributed by atoms with Crippen molar-refractivity contribution in [2.75, 3.05) is 23.4 Å². The molecule has 1 aliphatic carbocycles. The Hall–Kier alpha value is -3.18. The van der Waals surface area contributed by atoms with Crippen molar-refractivity contribution in [2.45, 2.75) is 38.7 Å². The zero-order valence-corrected chi connectivity index (χ0v) is 17.1. The maximum atomic E-state index is 13.0. The summed E-state index contributed by atoms with van der Waals surface area (Å²) in [5.41, 5.74) is -1.06. The molecule has 0 aromatic carbocycles. The van der Waals surface area contributed by atoms with Crippen LogP contribution >= 0.6 is 0 Å². The molecule has 30 heavy (non-hydrogen) atoms. The van der Waals surface area contributed by atoms with Gasteiger partial charge >= 0.3 is 0 Å². The summed E-state index contributed by atoms with van der Waals surface area (Å²) in [6.07, 6.45) is 5.69. The molecule has 2 fully saturated rings. The van der Waals surface area contributed by atoms with Gasteiger partial charge in [-0.05, 0) is 57.2 Å². The van der Waals surface area contributed by atoms with Crippen LogP contribution in [0.15, 0.2) is 36.7 Å². The molecule has 1 saturated carbocycles. The smallest absolute Gasteiger partial charge is 0.247 e. The molecule has 8 heteroatoms. The number of aliphatic hydroxyl groups is 1. The van der Waals surface area contributed by atoms with Crippen LogP contribution in [0.1, 0.15) is 33.1 Å². The van der Waals surface area contributed by atoms with Gasteiger partial charge in [0.05, 0.1) is 17.9 Å². The third-order valence-corrected chi connectivity index (χ3v) is 5.47. The highest BCUT2D eigenvalue weighted by Gasteiger charge is 2.56. The highest BCUT2D eigenvalue weighted by molar-refractivity contribution is 6.02. The third-order valence-electron chi connectivity index (χ3n) is 5.47. The van der Waals surface area contributed by atoms with Crippen LogP contribution in [-0.2, 0) is 4.79 Å². The summed E-state index contributed by atoms with van der Waals surface area (Å²) in [7, 11) is 0. The number of ether oxygens (including phenoxy) is 1. The average molecular weight is 407 g/mol. The summed E-state index contributed by atoms with van der Waals surface area (Å²) >= 11 is 0. The Morgan fingerprint density at radius 1 is 1.33 bits per heavy atom. The van der Waals surface area contributed by atoms with Gasteiger partial charge in [0.2, 0.25) is 5.91 Å². The Kier molecular flexibility index (Phi) is 5.08. The Balaban J connectivity index is 1.44. The molecule has 3 heterocycles. The van der Waals surface area contributed by atoms with E-state index in [9.17, 15) is 15.2 Å². The Labute approximate surface area is 175 Å². The number of anilines is 3. The monoisotopic (exact) mass is 407 g/mol. The molecule has 0 spiro atoms. The van der Waals surface area contributed by atoms with E-state index in [0.29, 0.717) is 30.4 Å². The highest BCUT2D eigenvalue weighted by Crippen LogP contribution is 2.51. The fourth-order valence-electron chi connectivity index (χ4n) is 3.72. The van der Waals surface area contributed by atoms with E-state index >= 15 is 0 Å². The van der Waals surface area contributed by atoms with Gasteiger partial charge in [0, 0.05) is 24.5 Å². The second kappa shape index (κ2) is 7.58. The second-order valence-corrected chi connectivity index (χ2v) is 8.57. The van der Waals surface area contributed by atoms with Crippen molar-refractivity contribution in [3.63, 3.8) is 0 Å². The Bertz CT molecular complexity index is 976. The molecule has 0 unspecified atom stereocenters. The van der Waals surface area contributed by atoms with Crippen molar-refractivity contribution in [1.29, 1.82) is 5.26 Å². The summed E-state index contributed by atoms with van der Waals surface area (Å²) in [4.78, 5) is 23.3. The first-order chi connectivity index (χ1) is 14.3.